The molecule has 0 saturated heterocycles. The van der Waals surface area contributed by atoms with Crippen LogP contribution in [0.4, 0.5) is 5.69 Å². The second kappa shape index (κ2) is 24.7. The summed E-state index contributed by atoms with van der Waals surface area (Å²) in [5, 5.41) is 4.23. The molecule has 0 amide bonds. The largest absolute Gasteiger partial charge is 0.497 e. The number of aromatic nitrogens is 2. The Hall–Kier alpha value is -8.15. The van der Waals surface area contributed by atoms with Crippen molar-refractivity contribution in [2.24, 2.45) is 0 Å². The number of benzene rings is 6. The third-order valence-electron chi connectivity index (χ3n) is 11.7. The first kappa shape index (κ1) is 51.2. The van der Waals surface area contributed by atoms with E-state index >= 15 is 0 Å². The molecule has 11 nitrogen and oxygen atoms in total. The first-order chi connectivity index (χ1) is 33.9. The van der Waals surface area contributed by atoms with Crippen LogP contribution in [0.25, 0.3) is 22.2 Å². The van der Waals surface area contributed by atoms with Gasteiger partial charge in [-0.1, -0.05) is 88.1 Å². The molecule has 0 saturated carbocycles. The molecule has 6 aromatic carbocycles. The molecule has 0 aliphatic heterocycles. The van der Waals surface area contributed by atoms with Gasteiger partial charge in [-0.15, -0.1) is 12.8 Å². The molecule has 0 aliphatic rings. The number of anilines is 1. The van der Waals surface area contributed by atoms with E-state index in [0.717, 1.165) is 51.2 Å². The normalized spacial score (nSPS) is 10.7. The van der Waals surface area contributed by atoms with Crippen LogP contribution in [0, 0.1) is 24.7 Å². The van der Waals surface area contributed by atoms with Crippen molar-refractivity contribution in [2.45, 2.75) is 58.9 Å². The Labute approximate surface area is 411 Å². The molecule has 0 fully saturated rings. The smallest absolute Gasteiger partial charge is 0.348 e. The van der Waals surface area contributed by atoms with Crippen LogP contribution in [-0.2, 0) is 19.4 Å². The Bertz CT molecular complexity index is 2990. The van der Waals surface area contributed by atoms with Gasteiger partial charge in [-0.2, -0.15) is 4.98 Å². The highest BCUT2D eigenvalue weighted by Crippen LogP contribution is 2.32. The highest BCUT2D eigenvalue weighted by atomic mass is 16.5. The van der Waals surface area contributed by atoms with Gasteiger partial charge in [0.05, 0.1) is 39.6 Å². The van der Waals surface area contributed by atoms with Crippen LogP contribution in [-0.4, -0.2) is 63.5 Å². The third-order valence-corrected chi connectivity index (χ3v) is 11.7. The first-order valence-corrected chi connectivity index (χ1v) is 23.1. The Kier molecular flexibility index (Phi) is 18.1. The summed E-state index contributed by atoms with van der Waals surface area (Å²) in [6, 6.07) is 38.5. The van der Waals surface area contributed by atoms with Crippen molar-refractivity contribution in [3.8, 4) is 70.4 Å². The van der Waals surface area contributed by atoms with E-state index in [1.807, 2.05) is 103 Å². The number of terminal acetylenes is 2. The van der Waals surface area contributed by atoms with Gasteiger partial charge in [0.1, 0.15) is 47.7 Å². The predicted octanol–water partition coefficient (Wildman–Crippen LogP) is 11.2. The number of aryl methyl sites for hydroxylation is 2. The quantitative estimate of drug-likeness (QED) is 0.0584. The van der Waals surface area contributed by atoms with E-state index in [2.05, 4.69) is 62.0 Å². The lowest BCUT2D eigenvalue weighted by molar-refractivity contribution is 0.103. The maximum atomic E-state index is 13.4. The summed E-state index contributed by atoms with van der Waals surface area (Å²) in [7, 11) is 6.50. The SMILES string of the molecule is C#CCOc1ccc(NCCc2cc(OC)cc(OC)c2)c(C(=O)c2ccc(C(C)C)cc2)c1.C#CCOc1ccc2c(c1)c(-c1ccc(C(C)C)cc1)nc(=O)n2CCc1cc(OC)cc(OC)c1. The molecule has 360 valence electrons. The van der Waals surface area contributed by atoms with Crippen molar-refractivity contribution in [3.05, 3.63) is 165 Å². The number of nitrogens with one attached hydrogen (secondary N) is 1. The van der Waals surface area contributed by atoms with E-state index in [4.69, 9.17) is 41.3 Å². The minimum atomic E-state index is -0.308. The van der Waals surface area contributed by atoms with E-state index < -0.39 is 0 Å². The molecular weight excluding hydrogens is 879 g/mol. The summed E-state index contributed by atoms with van der Waals surface area (Å²) in [4.78, 5) is 31.2. The van der Waals surface area contributed by atoms with Gasteiger partial charge in [-0.3, -0.25) is 9.36 Å². The average molecular weight is 940 g/mol. The average Bonchev–Trinajstić information content (AvgIpc) is 3.39. The van der Waals surface area contributed by atoms with Gasteiger partial charge in [0, 0.05) is 53.0 Å². The summed E-state index contributed by atoms with van der Waals surface area (Å²) in [6.07, 6.45) is 12.0. The summed E-state index contributed by atoms with van der Waals surface area (Å²) < 4.78 is 34.4. The van der Waals surface area contributed by atoms with Gasteiger partial charge in [-0.25, -0.2) is 4.79 Å². The molecule has 0 radical (unpaired) electrons. The molecular formula is C59H61N3O8. The predicted molar refractivity (Wildman–Crippen MR) is 280 cm³/mol. The first-order valence-electron chi connectivity index (χ1n) is 23.1. The lowest BCUT2D eigenvalue weighted by Gasteiger charge is -2.15. The van der Waals surface area contributed by atoms with Gasteiger partial charge in [-0.05, 0) is 108 Å². The van der Waals surface area contributed by atoms with E-state index in [9.17, 15) is 9.59 Å². The van der Waals surface area contributed by atoms with E-state index in [1.165, 1.54) is 11.1 Å². The maximum absolute atomic E-state index is 13.4. The summed E-state index contributed by atoms with van der Waals surface area (Å²) in [6.45, 7) is 9.92. The molecule has 1 heterocycles. The minimum Gasteiger partial charge on any atom is -0.497 e. The van der Waals surface area contributed by atoms with Crippen molar-refractivity contribution in [3.63, 3.8) is 0 Å². The van der Waals surface area contributed by atoms with Crippen LogP contribution in [0.3, 0.4) is 0 Å². The molecule has 1 aromatic heterocycles. The third kappa shape index (κ3) is 13.3. The van der Waals surface area contributed by atoms with Crippen molar-refractivity contribution >= 4 is 22.4 Å². The number of nitrogens with zero attached hydrogens (tertiary/aromatic N) is 2. The fraction of sp³-hybridized carbons (Fsp3) is 0.271. The molecule has 0 bridgehead atoms. The maximum Gasteiger partial charge on any atom is 0.348 e. The standard InChI is InChI=1S/C30H30N2O4.C29H31NO4/c1-6-15-36-24-11-12-28-27(19-24)29(23-9-7-22(8-10-23)20(2)3)31-30(33)32(28)14-13-21-16-25(34-4)18-26(17-21)35-5;1-6-15-34-24-11-12-28(30-14-13-21-16-25(32-4)18-26(17-21)33-5)27(19-24)29(31)23-9-7-22(8-10-23)20(2)3/h1,7-12,16-20H,13-15H2,2-5H3;1,7-12,16-20,30H,13-15H2,2-5H3. The number of carbonyl (C=O) groups is 1. The zero-order valence-corrected chi connectivity index (χ0v) is 41.3. The number of fused-ring (bicyclic) bond motifs is 1. The second-order valence-corrected chi connectivity index (χ2v) is 17.0. The zero-order valence-electron chi connectivity index (χ0n) is 41.3. The van der Waals surface area contributed by atoms with Gasteiger partial charge in [0.15, 0.2) is 5.78 Å². The van der Waals surface area contributed by atoms with Gasteiger partial charge >= 0.3 is 5.69 Å². The van der Waals surface area contributed by atoms with Crippen molar-refractivity contribution < 1.29 is 33.2 Å². The number of rotatable bonds is 20. The summed E-state index contributed by atoms with van der Waals surface area (Å²) in [5.74, 6) is 9.76. The number of carbonyl (C=O) groups excluding carboxylic acids is 1. The van der Waals surface area contributed by atoms with Crippen LogP contribution in [0.1, 0.15) is 77.7 Å². The molecule has 0 atom stereocenters. The lowest BCUT2D eigenvalue weighted by atomic mass is 9.97. The van der Waals surface area contributed by atoms with Gasteiger partial charge in [0.25, 0.3) is 0 Å². The second-order valence-electron chi connectivity index (χ2n) is 17.0. The Morgan fingerprint density at radius 1 is 0.614 bits per heavy atom. The topological polar surface area (TPSA) is 119 Å². The van der Waals surface area contributed by atoms with Crippen LogP contribution >= 0.6 is 0 Å². The monoisotopic (exact) mass is 939 g/mol. The van der Waals surface area contributed by atoms with E-state index in [0.29, 0.717) is 71.2 Å². The van der Waals surface area contributed by atoms with Crippen molar-refractivity contribution in [1.29, 1.82) is 0 Å². The number of ketones is 1. The van der Waals surface area contributed by atoms with Crippen LogP contribution in [0.5, 0.6) is 34.5 Å². The van der Waals surface area contributed by atoms with Crippen LogP contribution in [0.15, 0.2) is 126 Å². The number of hydrogen-bond acceptors (Lipinski definition) is 10. The number of hydrogen-bond donors (Lipinski definition) is 1. The Morgan fingerprint density at radius 3 is 1.63 bits per heavy atom. The van der Waals surface area contributed by atoms with E-state index in [1.54, 1.807) is 39.1 Å². The molecule has 7 aromatic rings. The highest BCUT2D eigenvalue weighted by Gasteiger charge is 2.18. The van der Waals surface area contributed by atoms with E-state index in [-0.39, 0.29) is 24.7 Å². The molecule has 7 rings (SSSR count). The number of ether oxygens (including phenoxy) is 6. The Balaban J connectivity index is 0.000000230. The fourth-order valence-corrected chi connectivity index (χ4v) is 7.80. The molecule has 0 unspecified atom stereocenters. The van der Waals surface area contributed by atoms with Gasteiger partial charge in [0.2, 0.25) is 0 Å². The van der Waals surface area contributed by atoms with Crippen LogP contribution in [0.2, 0.25) is 0 Å². The molecule has 0 spiro atoms. The minimum absolute atomic E-state index is 0.0768. The lowest BCUT2D eigenvalue weighted by Crippen LogP contribution is -2.25. The fourth-order valence-electron chi connectivity index (χ4n) is 7.80. The molecule has 70 heavy (non-hydrogen) atoms. The number of methoxy groups -OCH3 is 4. The summed E-state index contributed by atoms with van der Waals surface area (Å²) >= 11 is 0. The van der Waals surface area contributed by atoms with Gasteiger partial charge < -0.3 is 33.7 Å². The van der Waals surface area contributed by atoms with Crippen molar-refractivity contribution in [2.75, 3.05) is 53.5 Å². The van der Waals surface area contributed by atoms with Crippen LogP contribution < -0.4 is 39.4 Å². The van der Waals surface area contributed by atoms with Crippen molar-refractivity contribution in [1.82, 2.24) is 9.55 Å². The zero-order chi connectivity index (χ0) is 50.2. The highest BCUT2D eigenvalue weighted by molar-refractivity contribution is 6.12. The Morgan fingerprint density at radius 2 is 1.11 bits per heavy atom. The molecule has 0 aliphatic carbocycles. The molecule has 11 heteroatoms. The summed E-state index contributed by atoms with van der Waals surface area (Å²) in [5.41, 5.74) is 8.34. The molecule has 1 N–H and O–H groups in total.